The molecule has 0 saturated carbocycles. The first-order chi connectivity index (χ1) is 8.06. The Morgan fingerprint density at radius 3 is 2.29 bits per heavy atom. The van der Waals surface area contributed by atoms with Crippen LogP contribution in [0.1, 0.15) is 45.1 Å². The lowest BCUT2D eigenvalue weighted by molar-refractivity contribution is -0.144. The molecular weight excluding hydrogens is 214 g/mol. The number of nitrogen functional groups attached to an aromatic ring is 1. The largest absolute Gasteiger partial charge is 0.481 e. The van der Waals surface area contributed by atoms with Crippen molar-refractivity contribution in [1.29, 1.82) is 0 Å². The summed E-state index contributed by atoms with van der Waals surface area (Å²) < 4.78 is 0. The standard InChI is InChI=1S/C14H21NO2/c1-3-5-10-14(4-2,13(16)17)11-6-8-12(15)9-7-11/h6-9H,3-5,10,15H2,1-2H3,(H,16,17). The van der Waals surface area contributed by atoms with Crippen molar-refractivity contribution >= 4 is 11.7 Å². The summed E-state index contributed by atoms with van der Waals surface area (Å²) in [6.07, 6.45) is 3.21. The molecule has 1 rings (SSSR count). The predicted octanol–water partition coefficient (Wildman–Crippen LogP) is 3.19. The molecule has 1 aromatic rings. The number of carboxylic acid groups (broad SMARTS) is 1. The van der Waals surface area contributed by atoms with Crippen LogP contribution in [0.5, 0.6) is 0 Å². The third-order valence-electron chi connectivity index (χ3n) is 3.43. The first kappa shape index (κ1) is 13.6. The first-order valence-corrected chi connectivity index (χ1v) is 6.16. The highest BCUT2D eigenvalue weighted by Gasteiger charge is 2.37. The van der Waals surface area contributed by atoms with E-state index < -0.39 is 11.4 Å². The van der Waals surface area contributed by atoms with Crippen LogP contribution in [0.15, 0.2) is 24.3 Å². The highest BCUT2D eigenvalue weighted by molar-refractivity contribution is 5.81. The van der Waals surface area contributed by atoms with Crippen LogP contribution >= 0.6 is 0 Å². The summed E-state index contributed by atoms with van der Waals surface area (Å²) in [6, 6.07) is 7.22. The molecule has 0 amide bonds. The average Bonchev–Trinajstić information content (AvgIpc) is 2.32. The molecule has 3 heteroatoms. The Morgan fingerprint density at radius 1 is 1.29 bits per heavy atom. The molecule has 0 spiro atoms. The number of hydrogen-bond acceptors (Lipinski definition) is 2. The van der Waals surface area contributed by atoms with E-state index in [0.717, 1.165) is 18.4 Å². The zero-order valence-corrected chi connectivity index (χ0v) is 10.6. The van der Waals surface area contributed by atoms with Crippen LogP contribution in [0.3, 0.4) is 0 Å². The summed E-state index contributed by atoms with van der Waals surface area (Å²) in [6.45, 7) is 4.01. The van der Waals surface area contributed by atoms with E-state index in [4.69, 9.17) is 5.73 Å². The van der Waals surface area contributed by atoms with Crippen molar-refractivity contribution in [2.24, 2.45) is 0 Å². The van der Waals surface area contributed by atoms with E-state index in [1.54, 1.807) is 12.1 Å². The van der Waals surface area contributed by atoms with Crippen molar-refractivity contribution < 1.29 is 9.90 Å². The Labute approximate surface area is 103 Å². The van der Waals surface area contributed by atoms with Gasteiger partial charge in [-0.25, -0.2) is 0 Å². The Morgan fingerprint density at radius 2 is 1.88 bits per heavy atom. The predicted molar refractivity (Wildman–Crippen MR) is 70.0 cm³/mol. The normalized spacial score (nSPS) is 14.2. The minimum Gasteiger partial charge on any atom is -0.481 e. The number of nitrogens with two attached hydrogens (primary N) is 1. The van der Waals surface area contributed by atoms with Crippen LogP contribution in [-0.2, 0) is 10.2 Å². The smallest absolute Gasteiger partial charge is 0.314 e. The minimum atomic E-state index is -0.760. The fraction of sp³-hybridized carbons (Fsp3) is 0.500. The summed E-state index contributed by atoms with van der Waals surface area (Å²) in [5.41, 5.74) is 6.40. The third-order valence-corrected chi connectivity index (χ3v) is 3.43. The maximum absolute atomic E-state index is 11.6. The quantitative estimate of drug-likeness (QED) is 0.744. The molecule has 94 valence electrons. The van der Waals surface area contributed by atoms with Crippen molar-refractivity contribution in [2.45, 2.75) is 44.9 Å². The van der Waals surface area contributed by atoms with Crippen LogP contribution in [-0.4, -0.2) is 11.1 Å². The van der Waals surface area contributed by atoms with Crippen molar-refractivity contribution in [3.8, 4) is 0 Å². The monoisotopic (exact) mass is 235 g/mol. The number of hydrogen-bond donors (Lipinski definition) is 2. The van der Waals surface area contributed by atoms with Crippen molar-refractivity contribution in [2.75, 3.05) is 5.73 Å². The van der Waals surface area contributed by atoms with Gasteiger partial charge in [-0.05, 0) is 30.5 Å². The molecule has 0 aliphatic carbocycles. The maximum Gasteiger partial charge on any atom is 0.314 e. The molecule has 1 atom stereocenters. The van der Waals surface area contributed by atoms with Crippen LogP contribution < -0.4 is 5.73 Å². The summed E-state index contributed by atoms with van der Waals surface area (Å²) in [7, 11) is 0. The fourth-order valence-corrected chi connectivity index (χ4v) is 2.19. The van der Waals surface area contributed by atoms with Crippen molar-refractivity contribution in [1.82, 2.24) is 0 Å². The van der Waals surface area contributed by atoms with E-state index in [1.165, 1.54) is 0 Å². The zero-order valence-electron chi connectivity index (χ0n) is 10.6. The van der Waals surface area contributed by atoms with Gasteiger partial charge in [-0.1, -0.05) is 38.8 Å². The molecule has 0 heterocycles. The lowest BCUT2D eigenvalue weighted by Crippen LogP contribution is -2.35. The number of benzene rings is 1. The molecule has 3 N–H and O–H groups in total. The van der Waals surface area contributed by atoms with E-state index >= 15 is 0 Å². The lowest BCUT2D eigenvalue weighted by atomic mass is 9.74. The molecule has 3 nitrogen and oxygen atoms in total. The van der Waals surface area contributed by atoms with Gasteiger partial charge < -0.3 is 10.8 Å². The highest BCUT2D eigenvalue weighted by atomic mass is 16.4. The third kappa shape index (κ3) is 2.78. The van der Waals surface area contributed by atoms with Gasteiger partial charge in [0.15, 0.2) is 0 Å². The van der Waals surface area contributed by atoms with Gasteiger partial charge in [0, 0.05) is 5.69 Å². The van der Waals surface area contributed by atoms with Crippen LogP contribution in [0.2, 0.25) is 0 Å². The van der Waals surface area contributed by atoms with Gasteiger partial charge in [0.1, 0.15) is 0 Å². The van der Waals surface area contributed by atoms with Crippen molar-refractivity contribution in [3.05, 3.63) is 29.8 Å². The minimum absolute atomic E-state index is 0.603. The van der Waals surface area contributed by atoms with Gasteiger partial charge in [0.2, 0.25) is 0 Å². The molecule has 0 fully saturated rings. The van der Waals surface area contributed by atoms with Gasteiger partial charge in [-0.3, -0.25) is 4.79 Å². The molecule has 1 unspecified atom stereocenters. The number of aliphatic carboxylic acids is 1. The second-order valence-electron chi connectivity index (χ2n) is 4.47. The second kappa shape index (κ2) is 5.71. The fourth-order valence-electron chi connectivity index (χ4n) is 2.19. The van der Waals surface area contributed by atoms with E-state index in [9.17, 15) is 9.90 Å². The molecule has 0 bridgehead atoms. The Kier molecular flexibility index (Phi) is 4.55. The van der Waals surface area contributed by atoms with Gasteiger partial charge in [-0.2, -0.15) is 0 Å². The van der Waals surface area contributed by atoms with Crippen molar-refractivity contribution in [3.63, 3.8) is 0 Å². The molecule has 0 aliphatic rings. The molecule has 0 saturated heterocycles. The number of rotatable bonds is 6. The van der Waals surface area contributed by atoms with Gasteiger partial charge in [0.25, 0.3) is 0 Å². The van der Waals surface area contributed by atoms with E-state index in [2.05, 4.69) is 6.92 Å². The number of carboxylic acids is 1. The Bertz CT molecular complexity index is 372. The second-order valence-corrected chi connectivity index (χ2v) is 4.47. The van der Waals surface area contributed by atoms with E-state index in [1.807, 2.05) is 19.1 Å². The molecule has 17 heavy (non-hydrogen) atoms. The molecule has 0 aromatic heterocycles. The summed E-state index contributed by atoms with van der Waals surface area (Å²) >= 11 is 0. The summed E-state index contributed by atoms with van der Waals surface area (Å²) in [5, 5.41) is 9.54. The average molecular weight is 235 g/mol. The van der Waals surface area contributed by atoms with E-state index in [0.29, 0.717) is 18.5 Å². The van der Waals surface area contributed by atoms with Crippen LogP contribution in [0.25, 0.3) is 0 Å². The van der Waals surface area contributed by atoms with Crippen LogP contribution in [0.4, 0.5) is 5.69 Å². The summed E-state index contributed by atoms with van der Waals surface area (Å²) in [4.78, 5) is 11.6. The molecule has 0 radical (unpaired) electrons. The maximum atomic E-state index is 11.6. The van der Waals surface area contributed by atoms with E-state index in [-0.39, 0.29) is 0 Å². The first-order valence-electron chi connectivity index (χ1n) is 6.16. The van der Waals surface area contributed by atoms with Gasteiger partial charge in [0.05, 0.1) is 5.41 Å². The number of anilines is 1. The van der Waals surface area contributed by atoms with Crippen LogP contribution in [0, 0.1) is 0 Å². The summed E-state index contributed by atoms with van der Waals surface area (Å²) in [5.74, 6) is -0.738. The molecule has 1 aromatic carbocycles. The number of unbranched alkanes of at least 4 members (excludes halogenated alkanes) is 1. The highest BCUT2D eigenvalue weighted by Crippen LogP contribution is 2.34. The van der Waals surface area contributed by atoms with Gasteiger partial charge in [-0.15, -0.1) is 0 Å². The topological polar surface area (TPSA) is 63.3 Å². The Balaban J connectivity index is 3.12. The lowest BCUT2D eigenvalue weighted by Gasteiger charge is -2.28. The SMILES string of the molecule is CCCCC(CC)(C(=O)O)c1ccc(N)cc1. The number of carbonyl (C=O) groups is 1. The molecular formula is C14H21NO2. The zero-order chi connectivity index (χ0) is 12.9. The van der Waals surface area contributed by atoms with Gasteiger partial charge >= 0.3 is 5.97 Å². The Hall–Kier alpha value is -1.51. The molecule has 0 aliphatic heterocycles.